The molecule has 2 unspecified atom stereocenters. The normalized spacial score (nSPS) is 26.8. The van der Waals surface area contributed by atoms with Gasteiger partial charge in [0.2, 0.25) is 5.91 Å². The fourth-order valence-electron chi connectivity index (χ4n) is 3.55. The van der Waals surface area contributed by atoms with Gasteiger partial charge in [-0.05, 0) is 11.6 Å². The van der Waals surface area contributed by atoms with Crippen LogP contribution in [0.15, 0.2) is 45.5 Å². The Morgan fingerprint density at radius 2 is 1.84 bits per heavy atom. The number of ether oxygens (including phenoxy) is 2. The summed E-state index contributed by atoms with van der Waals surface area (Å²) in [5.74, 6) is -3.26. The zero-order valence-electron chi connectivity index (χ0n) is 13.7. The molecule has 1 aliphatic heterocycles. The number of nitrogens with zero attached hydrogens (tertiary/aromatic N) is 1. The topological polar surface area (TPSA) is 90.0 Å². The zero-order valence-corrected chi connectivity index (χ0v) is 15.2. The lowest BCUT2D eigenvalue weighted by Crippen LogP contribution is -2.54. The van der Waals surface area contributed by atoms with E-state index in [1.54, 1.807) is 18.2 Å². The van der Waals surface area contributed by atoms with Crippen molar-refractivity contribution in [1.29, 1.82) is 0 Å². The minimum Gasteiger partial charge on any atom is -0.466 e. The predicted octanol–water partition coefficient (Wildman–Crippen LogP) is 1.16. The highest BCUT2D eigenvalue weighted by atomic mass is 79.9. The molecule has 4 aliphatic rings. The van der Waals surface area contributed by atoms with Crippen molar-refractivity contribution in [2.75, 3.05) is 14.2 Å². The average Bonchev–Trinajstić information content (AvgIpc) is 2.67. The Kier molecular flexibility index (Phi) is 4.03. The van der Waals surface area contributed by atoms with Gasteiger partial charge in [-0.2, -0.15) is 0 Å². The highest BCUT2D eigenvalue weighted by molar-refractivity contribution is 9.11. The molecule has 2 amide bonds. The molecular weight excluding hydrogens is 394 g/mol. The van der Waals surface area contributed by atoms with Crippen LogP contribution in [0.2, 0.25) is 0 Å². The molecule has 0 saturated carbocycles. The van der Waals surface area contributed by atoms with Gasteiger partial charge in [0, 0.05) is 23.4 Å². The van der Waals surface area contributed by atoms with Crippen LogP contribution in [0.3, 0.4) is 0 Å². The SMILES string of the molecule is COC(=O)C1=C(C(=O)OC)C23C=C(Br)C1C=CC2=CC(=O)N3C(C)=O. The van der Waals surface area contributed by atoms with E-state index in [0.717, 1.165) is 4.90 Å². The van der Waals surface area contributed by atoms with Crippen molar-refractivity contribution in [3.63, 3.8) is 0 Å². The second-order valence-electron chi connectivity index (χ2n) is 5.70. The predicted molar refractivity (Wildman–Crippen MR) is 89.0 cm³/mol. The number of carbonyl (C=O) groups is 4. The molecule has 0 fully saturated rings. The minimum atomic E-state index is -1.54. The summed E-state index contributed by atoms with van der Waals surface area (Å²) in [6, 6.07) is 0. The third-order valence-electron chi connectivity index (χ3n) is 4.48. The molecule has 0 N–H and O–H groups in total. The van der Waals surface area contributed by atoms with Crippen molar-refractivity contribution >= 4 is 39.7 Å². The molecular formula is C17H14BrNO6. The smallest absolute Gasteiger partial charge is 0.337 e. The van der Waals surface area contributed by atoms with Crippen LogP contribution < -0.4 is 0 Å². The number of hydrogen-bond acceptors (Lipinski definition) is 6. The summed E-state index contributed by atoms with van der Waals surface area (Å²) in [4.78, 5) is 50.7. The highest BCUT2D eigenvalue weighted by Gasteiger charge is 2.58. The van der Waals surface area contributed by atoms with Crippen LogP contribution in [0.25, 0.3) is 0 Å². The van der Waals surface area contributed by atoms with Crippen LogP contribution in [0.4, 0.5) is 0 Å². The van der Waals surface area contributed by atoms with E-state index in [2.05, 4.69) is 15.9 Å². The molecule has 1 heterocycles. The first kappa shape index (κ1) is 17.3. The Balaban J connectivity index is 2.44. The van der Waals surface area contributed by atoms with Gasteiger partial charge in [-0.25, -0.2) is 9.59 Å². The molecule has 2 bridgehead atoms. The lowest BCUT2D eigenvalue weighted by atomic mass is 9.75. The maximum absolute atomic E-state index is 12.6. The summed E-state index contributed by atoms with van der Waals surface area (Å²) in [6.07, 6.45) is 6.18. The van der Waals surface area contributed by atoms with E-state index < -0.39 is 35.2 Å². The second-order valence-corrected chi connectivity index (χ2v) is 6.61. The number of hydrogen-bond donors (Lipinski definition) is 0. The molecule has 0 radical (unpaired) electrons. The molecule has 0 aromatic carbocycles. The lowest BCUT2D eigenvalue weighted by molar-refractivity contribution is -0.145. The molecule has 1 spiro atoms. The molecule has 4 rings (SSSR count). The Hall–Kier alpha value is -2.48. The number of carbonyl (C=O) groups excluding carboxylic acids is 4. The summed E-state index contributed by atoms with van der Waals surface area (Å²) < 4.78 is 10.3. The quantitative estimate of drug-likeness (QED) is 0.638. The van der Waals surface area contributed by atoms with Crippen LogP contribution in [-0.2, 0) is 28.7 Å². The fourth-order valence-corrected chi connectivity index (χ4v) is 4.26. The Labute approximate surface area is 151 Å². The number of esters is 2. The van der Waals surface area contributed by atoms with Crippen molar-refractivity contribution in [3.8, 4) is 0 Å². The number of halogens is 1. The number of allylic oxidation sites excluding steroid dienone is 2. The first-order chi connectivity index (χ1) is 11.8. The van der Waals surface area contributed by atoms with E-state index in [9.17, 15) is 19.2 Å². The van der Waals surface area contributed by atoms with Crippen molar-refractivity contribution < 1.29 is 28.7 Å². The van der Waals surface area contributed by atoms with Crippen molar-refractivity contribution in [1.82, 2.24) is 4.90 Å². The van der Waals surface area contributed by atoms with Crippen LogP contribution in [0, 0.1) is 5.92 Å². The van der Waals surface area contributed by atoms with Crippen LogP contribution >= 0.6 is 15.9 Å². The summed E-state index contributed by atoms with van der Waals surface area (Å²) >= 11 is 3.40. The van der Waals surface area contributed by atoms with Crippen LogP contribution in [0.5, 0.6) is 0 Å². The zero-order chi connectivity index (χ0) is 18.5. The molecule has 0 aromatic heterocycles. The molecule has 0 saturated heterocycles. The molecule has 2 atom stereocenters. The summed E-state index contributed by atoms with van der Waals surface area (Å²) in [6.45, 7) is 1.22. The standard InChI is InChI=1S/C17H14BrNO6/c1-8(20)19-12(21)6-9-4-5-10-11(18)7-17(9,19)14(16(23)25-3)13(10)15(22)24-2/h4-7,10H,1-3H3. The van der Waals surface area contributed by atoms with E-state index in [1.165, 1.54) is 27.2 Å². The summed E-state index contributed by atoms with van der Waals surface area (Å²) in [5.41, 5.74) is -1.19. The molecule has 0 aromatic rings. The van der Waals surface area contributed by atoms with E-state index >= 15 is 0 Å². The summed E-state index contributed by atoms with van der Waals surface area (Å²) in [5, 5.41) is 0. The van der Waals surface area contributed by atoms with Gasteiger partial charge < -0.3 is 9.47 Å². The summed E-state index contributed by atoms with van der Waals surface area (Å²) in [7, 11) is 2.37. The monoisotopic (exact) mass is 407 g/mol. The molecule has 3 aliphatic carbocycles. The maximum Gasteiger partial charge on any atom is 0.337 e. The van der Waals surface area contributed by atoms with Gasteiger partial charge in [-0.3, -0.25) is 14.5 Å². The third kappa shape index (κ3) is 2.17. The first-order valence-corrected chi connectivity index (χ1v) is 8.13. The van der Waals surface area contributed by atoms with E-state index in [4.69, 9.17) is 9.47 Å². The maximum atomic E-state index is 12.6. The lowest BCUT2D eigenvalue weighted by Gasteiger charge is -2.40. The first-order valence-electron chi connectivity index (χ1n) is 7.34. The second kappa shape index (κ2) is 5.80. The third-order valence-corrected chi connectivity index (χ3v) is 5.20. The van der Waals surface area contributed by atoms with E-state index in [-0.39, 0.29) is 11.1 Å². The Bertz CT molecular complexity index is 849. The van der Waals surface area contributed by atoms with Crippen LogP contribution in [-0.4, -0.2) is 48.4 Å². The molecule has 8 heteroatoms. The van der Waals surface area contributed by atoms with Crippen molar-refractivity contribution in [3.05, 3.63) is 45.5 Å². The number of rotatable bonds is 2. The van der Waals surface area contributed by atoms with Gasteiger partial charge in [0.25, 0.3) is 5.91 Å². The average molecular weight is 408 g/mol. The largest absolute Gasteiger partial charge is 0.466 e. The molecule has 25 heavy (non-hydrogen) atoms. The van der Waals surface area contributed by atoms with Gasteiger partial charge in [0.15, 0.2) is 0 Å². The Morgan fingerprint density at radius 1 is 1.20 bits per heavy atom. The number of amides is 2. The highest BCUT2D eigenvalue weighted by Crippen LogP contribution is 2.52. The van der Waals surface area contributed by atoms with Gasteiger partial charge in [-0.15, -0.1) is 0 Å². The van der Waals surface area contributed by atoms with Crippen LogP contribution in [0.1, 0.15) is 6.92 Å². The van der Waals surface area contributed by atoms with Gasteiger partial charge in [-0.1, -0.05) is 28.1 Å². The molecule has 130 valence electrons. The fraction of sp³-hybridized carbons (Fsp3) is 0.294. The van der Waals surface area contributed by atoms with Gasteiger partial charge in [0.1, 0.15) is 5.54 Å². The minimum absolute atomic E-state index is 0.0318. The van der Waals surface area contributed by atoms with Gasteiger partial charge in [0.05, 0.1) is 25.4 Å². The van der Waals surface area contributed by atoms with Crippen molar-refractivity contribution in [2.45, 2.75) is 12.5 Å². The number of methoxy groups -OCH3 is 2. The van der Waals surface area contributed by atoms with Gasteiger partial charge >= 0.3 is 11.9 Å². The van der Waals surface area contributed by atoms with E-state index in [1.807, 2.05) is 0 Å². The van der Waals surface area contributed by atoms with E-state index in [0.29, 0.717) is 10.1 Å². The van der Waals surface area contributed by atoms with Crippen molar-refractivity contribution in [2.24, 2.45) is 5.92 Å². The molecule has 7 nitrogen and oxygen atoms in total. The Morgan fingerprint density at radius 3 is 2.40 bits per heavy atom. The number of imide groups is 1.